The Hall–Kier alpha value is -1.14. The zero-order valence-corrected chi connectivity index (χ0v) is 11.7. The maximum absolute atomic E-state index is 9.74. The van der Waals surface area contributed by atoms with Gasteiger partial charge in [-0.2, -0.15) is 15.0 Å². The second kappa shape index (κ2) is 7.33. The van der Waals surface area contributed by atoms with Crippen LogP contribution in [-0.2, 0) is 0 Å². The van der Waals surface area contributed by atoms with E-state index >= 15 is 0 Å². The smallest absolute Gasteiger partial charge is 0.228 e. The summed E-state index contributed by atoms with van der Waals surface area (Å²) in [6, 6.07) is 0. The van der Waals surface area contributed by atoms with Gasteiger partial charge in [0, 0.05) is 13.1 Å². The molecule has 1 aromatic rings. The fourth-order valence-corrected chi connectivity index (χ4v) is 1.66. The second-order valence-electron chi connectivity index (χ2n) is 4.45. The standard InChI is InChI=1S/C11H20ClN5O/c1-4-13-10-15-9(12)16-11(17-10)14-6-8(18)5-7(2)3/h7-8,18H,4-6H2,1-3H3,(H2,13,14,15,16,17). The summed E-state index contributed by atoms with van der Waals surface area (Å²) in [6.07, 6.45) is 0.300. The monoisotopic (exact) mass is 273 g/mol. The number of nitrogens with one attached hydrogen (secondary N) is 2. The topological polar surface area (TPSA) is 83.0 Å². The lowest BCUT2D eigenvalue weighted by molar-refractivity contribution is 0.161. The van der Waals surface area contributed by atoms with E-state index in [4.69, 9.17) is 11.6 Å². The van der Waals surface area contributed by atoms with Gasteiger partial charge in [-0.25, -0.2) is 0 Å². The van der Waals surface area contributed by atoms with Crippen LogP contribution in [0.2, 0.25) is 5.28 Å². The van der Waals surface area contributed by atoms with Crippen LogP contribution >= 0.6 is 11.6 Å². The average molecular weight is 274 g/mol. The van der Waals surface area contributed by atoms with Crippen LogP contribution in [0.4, 0.5) is 11.9 Å². The molecule has 0 fully saturated rings. The number of aliphatic hydroxyl groups is 1. The van der Waals surface area contributed by atoms with Crippen LogP contribution in [0.1, 0.15) is 27.2 Å². The Kier molecular flexibility index (Phi) is 6.07. The molecular weight excluding hydrogens is 254 g/mol. The minimum Gasteiger partial charge on any atom is -0.391 e. The summed E-state index contributed by atoms with van der Waals surface area (Å²) in [6.45, 7) is 7.16. The van der Waals surface area contributed by atoms with Crippen LogP contribution in [0.5, 0.6) is 0 Å². The zero-order valence-electron chi connectivity index (χ0n) is 10.9. The fraction of sp³-hybridized carbons (Fsp3) is 0.727. The van der Waals surface area contributed by atoms with Crippen molar-refractivity contribution in [1.29, 1.82) is 0 Å². The quantitative estimate of drug-likeness (QED) is 0.702. The number of aliphatic hydroxyl groups excluding tert-OH is 1. The molecule has 18 heavy (non-hydrogen) atoms. The molecule has 1 aromatic heterocycles. The van der Waals surface area contributed by atoms with Crippen molar-refractivity contribution in [2.75, 3.05) is 23.7 Å². The zero-order chi connectivity index (χ0) is 13.5. The van der Waals surface area contributed by atoms with E-state index in [0.29, 0.717) is 30.9 Å². The van der Waals surface area contributed by atoms with Gasteiger partial charge < -0.3 is 15.7 Å². The molecule has 0 amide bonds. The highest BCUT2D eigenvalue weighted by atomic mass is 35.5. The number of hydrogen-bond acceptors (Lipinski definition) is 6. The van der Waals surface area contributed by atoms with Gasteiger partial charge in [0.25, 0.3) is 0 Å². The molecule has 0 aromatic carbocycles. The van der Waals surface area contributed by atoms with E-state index in [1.807, 2.05) is 6.92 Å². The summed E-state index contributed by atoms with van der Waals surface area (Å²) in [5.41, 5.74) is 0. The van der Waals surface area contributed by atoms with Gasteiger partial charge >= 0.3 is 0 Å². The minimum atomic E-state index is -0.428. The summed E-state index contributed by atoms with van der Waals surface area (Å²) < 4.78 is 0. The average Bonchev–Trinajstić information content (AvgIpc) is 2.25. The molecule has 6 nitrogen and oxygen atoms in total. The van der Waals surface area contributed by atoms with Gasteiger partial charge in [-0.3, -0.25) is 0 Å². The van der Waals surface area contributed by atoms with E-state index in [1.54, 1.807) is 0 Å². The molecule has 3 N–H and O–H groups in total. The number of halogens is 1. The molecule has 0 aliphatic carbocycles. The Morgan fingerprint density at radius 3 is 2.33 bits per heavy atom. The van der Waals surface area contributed by atoms with E-state index in [0.717, 1.165) is 6.42 Å². The van der Waals surface area contributed by atoms with Crippen molar-refractivity contribution >= 4 is 23.5 Å². The van der Waals surface area contributed by atoms with Crippen molar-refractivity contribution in [3.63, 3.8) is 0 Å². The lowest BCUT2D eigenvalue weighted by Gasteiger charge is -2.14. The first-order chi connectivity index (χ1) is 8.51. The van der Waals surface area contributed by atoms with Crippen LogP contribution in [0.15, 0.2) is 0 Å². The summed E-state index contributed by atoms with van der Waals surface area (Å²) in [5, 5.41) is 15.8. The van der Waals surface area contributed by atoms with Crippen LogP contribution in [0, 0.1) is 5.92 Å². The number of hydrogen-bond donors (Lipinski definition) is 3. The fourth-order valence-electron chi connectivity index (χ4n) is 1.50. The highest BCUT2D eigenvalue weighted by Gasteiger charge is 2.09. The summed E-state index contributed by atoms with van der Waals surface area (Å²) in [4.78, 5) is 12.0. The van der Waals surface area contributed by atoms with Crippen LogP contribution in [-0.4, -0.2) is 39.3 Å². The minimum absolute atomic E-state index is 0.127. The highest BCUT2D eigenvalue weighted by Crippen LogP contribution is 2.10. The molecule has 0 bridgehead atoms. The number of nitrogens with zero attached hydrogens (tertiary/aromatic N) is 3. The van der Waals surface area contributed by atoms with Gasteiger partial charge in [-0.05, 0) is 30.9 Å². The largest absolute Gasteiger partial charge is 0.391 e. The van der Waals surface area contributed by atoms with Crippen molar-refractivity contribution in [2.45, 2.75) is 33.3 Å². The first-order valence-electron chi connectivity index (χ1n) is 6.08. The van der Waals surface area contributed by atoms with Gasteiger partial charge in [0.2, 0.25) is 17.2 Å². The Morgan fingerprint density at radius 2 is 1.78 bits per heavy atom. The van der Waals surface area contributed by atoms with Gasteiger partial charge in [-0.1, -0.05) is 13.8 Å². The molecule has 0 aliphatic heterocycles. The molecule has 1 rings (SSSR count). The Bertz CT molecular complexity index is 374. The van der Waals surface area contributed by atoms with Crippen LogP contribution in [0.25, 0.3) is 0 Å². The summed E-state index contributed by atoms with van der Waals surface area (Å²) >= 11 is 5.78. The molecule has 7 heteroatoms. The number of anilines is 2. The molecule has 0 spiro atoms. The molecule has 1 atom stereocenters. The predicted octanol–water partition coefficient (Wildman–Crippen LogP) is 1.78. The van der Waals surface area contributed by atoms with Crippen molar-refractivity contribution < 1.29 is 5.11 Å². The maximum atomic E-state index is 9.74. The SMILES string of the molecule is CCNc1nc(Cl)nc(NCC(O)CC(C)C)n1. The summed E-state index contributed by atoms with van der Waals surface area (Å²) in [7, 11) is 0. The normalized spacial score (nSPS) is 12.6. The first kappa shape index (κ1) is 14.9. The maximum Gasteiger partial charge on any atom is 0.228 e. The molecule has 102 valence electrons. The summed E-state index contributed by atoms with van der Waals surface area (Å²) in [5.74, 6) is 1.24. The van der Waals surface area contributed by atoms with E-state index in [2.05, 4.69) is 39.4 Å². The molecule has 0 aliphatic rings. The number of aromatic nitrogens is 3. The second-order valence-corrected chi connectivity index (χ2v) is 4.78. The van der Waals surface area contributed by atoms with E-state index < -0.39 is 6.10 Å². The third kappa shape index (κ3) is 5.46. The molecular formula is C11H20ClN5O. The Morgan fingerprint density at radius 1 is 1.17 bits per heavy atom. The molecule has 1 heterocycles. The molecule has 0 saturated carbocycles. The van der Waals surface area contributed by atoms with Crippen molar-refractivity contribution in [1.82, 2.24) is 15.0 Å². The highest BCUT2D eigenvalue weighted by molar-refractivity contribution is 6.28. The molecule has 0 radical (unpaired) electrons. The van der Waals surface area contributed by atoms with Gasteiger partial charge in [0.1, 0.15) is 0 Å². The number of rotatable bonds is 7. The van der Waals surface area contributed by atoms with Crippen LogP contribution in [0.3, 0.4) is 0 Å². The van der Waals surface area contributed by atoms with Crippen LogP contribution < -0.4 is 10.6 Å². The Labute approximate surface area is 112 Å². The first-order valence-corrected chi connectivity index (χ1v) is 6.46. The van der Waals surface area contributed by atoms with Gasteiger partial charge in [-0.15, -0.1) is 0 Å². The third-order valence-corrected chi connectivity index (χ3v) is 2.35. The lowest BCUT2D eigenvalue weighted by Crippen LogP contribution is -2.22. The van der Waals surface area contributed by atoms with E-state index in [9.17, 15) is 5.11 Å². The lowest BCUT2D eigenvalue weighted by atomic mass is 10.1. The van der Waals surface area contributed by atoms with E-state index in [1.165, 1.54) is 0 Å². The van der Waals surface area contributed by atoms with Gasteiger partial charge in [0.15, 0.2) is 0 Å². The van der Waals surface area contributed by atoms with Crippen molar-refractivity contribution in [3.8, 4) is 0 Å². The van der Waals surface area contributed by atoms with E-state index in [-0.39, 0.29) is 5.28 Å². The van der Waals surface area contributed by atoms with Gasteiger partial charge in [0.05, 0.1) is 6.10 Å². The third-order valence-electron chi connectivity index (χ3n) is 2.18. The molecule has 0 saturated heterocycles. The molecule has 1 unspecified atom stereocenters. The predicted molar refractivity (Wildman–Crippen MR) is 73.0 cm³/mol. The van der Waals surface area contributed by atoms with Crippen molar-refractivity contribution in [3.05, 3.63) is 5.28 Å². The Balaban J connectivity index is 2.56. The van der Waals surface area contributed by atoms with Crippen molar-refractivity contribution in [2.24, 2.45) is 5.92 Å².